The van der Waals surface area contributed by atoms with Gasteiger partial charge >= 0.3 is 0 Å². The van der Waals surface area contributed by atoms with Crippen LogP contribution in [0.4, 0.5) is 0 Å². The van der Waals surface area contributed by atoms with E-state index in [0.717, 1.165) is 11.5 Å². The molecule has 1 saturated carbocycles. The monoisotopic (exact) mass is 184 g/mol. The van der Waals surface area contributed by atoms with Crippen molar-refractivity contribution in [3.8, 4) is 0 Å². The number of carbonyl (C=O) groups is 1. The van der Waals surface area contributed by atoms with Crippen LogP contribution in [0.3, 0.4) is 0 Å². The highest BCUT2D eigenvalue weighted by atomic mass is 32.2. The molecule has 0 aromatic heterocycles. The van der Waals surface area contributed by atoms with Crippen molar-refractivity contribution in [2.45, 2.75) is 31.1 Å². The van der Waals surface area contributed by atoms with Crippen molar-refractivity contribution in [1.29, 1.82) is 0 Å². The van der Waals surface area contributed by atoms with E-state index in [0.29, 0.717) is 5.92 Å². The van der Waals surface area contributed by atoms with Gasteiger partial charge in [0.1, 0.15) is 4.75 Å². The molecular formula is C8H12N2OS. The second-order valence-electron chi connectivity index (χ2n) is 3.56. The van der Waals surface area contributed by atoms with E-state index >= 15 is 0 Å². The Balaban J connectivity index is 2.27. The lowest BCUT2D eigenvalue weighted by molar-refractivity contribution is -0.118. The lowest BCUT2D eigenvalue weighted by Crippen LogP contribution is -2.34. The summed E-state index contributed by atoms with van der Waals surface area (Å²) in [5.41, 5.74) is 5.35. The molecule has 2 N–H and O–H groups in total. The van der Waals surface area contributed by atoms with E-state index in [9.17, 15) is 4.79 Å². The lowest BCUT2D eigenvalue weighted by Gasteiger charge is -2.20. The average molecular weight is 184 g/mol. The summed E-state index contributed by atoms with van der Waals surface area (Å²) in [6.45, 7) is 4.00. The van der Waals surface area contributed by atoms with Crippen molar-refractivity contribution in [1.82, 2.24) is 0 Å². The summed E-state index contributed by atoms with van der Waals surface area (Å²) in [7, 11) is 0. The van der Waals surface area contributed by atoms with Gasteiger partial charge in [0.2, 0.25) is 5.91 Å². The number of hydrogen-bond donors (Lipinski definition) is 1. The third kappa shape index (κ3) is 0.905. The number of aliphatic imine (C=N–C) groups is 1. The molecule has 0 saturated heterocycles. The maximum absolute atomic E-state index is 11.2. The summed E-state index contributed by atoms with van der Waals surface area (Å²) >= 11 is 1.55. The summed E-state index contributed by atoms with van der Waals surface area (Å²) < 4.78 is -0.286. The Morgan fingerprint density at radius 1 is 1.83 bits per heavy atom. The zero-order chi connectivity index (χ0) is 8.93. The van der Waals surface area contributed by atoms with Crippen LogP contribution < -0.4 is 5.73 Å². The van der Waals surface area contributed by atoms with Crippen LogP contribution >= 0.6 is 11.8 Å². The molecule has 1 amide bonds. The van der Waals surface area contributed by atoms with E-state index in [1.165, 1.54) is 0 Å². The maximum Gasteiger partial charge on any atom is 0.234 e. The molecule has 1 fully saturated rings. The molecule has 1 aliphatic carbocycles. The SMILES string of the molecule is CC1=NC(C)C2CC2(C(N)=O)S1. The Morgan fingerprint density at radius 3 is 3.08 bits per heavy atom. The van der Waals surface area contributed by atoms with Gasteiger partial charge in [0, 0.05) is 5.92 Å². The highest BCUT2D eigenvalue weighted by Crippen LogP contribution is 2.59. The smallest absolute Gasteiger partial charge is 0.234 e. The molecule has 3 unspecified atom stereocenters. The van der Waals surface area contributed by atoms with Crippen LogP contribution in [0.2, 0.25) is 0 Å². The predicted molar refractivity (Wildman–Crippen MR) is 50.2 cm³/mol. The number of primary amides is 1. The summed E-state index contributed by atoms with van der Waals surface area (Å²) in [5.74, 6) is 0.224. The average Bonchev–Trinajstić information content (AvgIpc) is 2.63. The molecule has 0 bridgehead atoms. The fourth-order valence-electron chi connectivity index (χ4n) is 1.95. The van der Waals surface area contributed by atoms with Gasteiger partial charge < -0.3 is 5.73 Å². The number of amides is 1. The van der Waals surface area contributed by atoms with Crippen LogP contribution in [0.25, 0.3) is 0 Å². The highest BCUT2D eigenvalue weighted by molar-refractivity contribution is 8.16. The summed E-state index contributed by atoms with van der Waals surface area (Å²) in [6.07, 6.45) is 0.912. The minimum atomic E-state index is -0.286. The van der Waals surface area contributed by atoms with Crippen molar-refractivity contribution in [2.75, 3.05) is 0 Å². The summed E-state index contributed by atoms with van der Waals surface area (Å²) in [5, 5.41) is 0.995. The summed E-state index contributed by atoms with van der Waals surface area (Å²) in [4.78, 5) is 15.6. The van der Waals surface area contributed by atoms with Crippen molar-refractivity contribution in [2.24, 2.45) is 16.6 Å². The number of hydrogen-bond acceptors (Lipinski definition) is 3. The first-order valence-corrected chi connectivity index (χ1v) is 4.91. The van der Waals surface area contributed by atoms with Gasteiger partial charge in [-0.1, -0.05) is 11.8 Å². The number of rotatable bonds is 1. The van der Waals surface area contributed by atoms with Gasteiger partial charge in [0.25, 0.3) is 0 Å². The quantitative estimate of drug-likeness (QED) is 0.655. The van der Waals surface area contributed by atoms with Gasteiger partial charge in [0.05, 0.1) is 11.1 Å². The van der Waals surface area contributed by atoms with Crippen LogP contribution in [0, 0.1) is 5.92 Å². The topological polar surface area (TPSA) is 55.4 Å². The molecule has 0 spiro atoms. The predicted octanol–water partition coefficient (Wildman–Crippen LogP) is 0.784. The molecule has 2 aliphatic rings. The Bertz CT molecular complexity index is 276. The maximum atomic E-state index is 11.2. The van der Waals surface area contributed by atoms with E-state index in [1.54, 1.807) is 11.8 Å². The van der Waals surface area contributed by atoms with Gasteiger partial charge in [-0.05, 0) is 20.3 Å². The van der Waals surface area contributed by atoms with Crippen LogP contribution in [-0.4, -0.2) is 21.7 Å². The molecule has 1 heterocycles. The fourth-order valence-corrected chi connectivity index (χ4v) is 3.40. The summed E-state index contributed by atoms with van der Waals surface area (Å²) in [6, 6.07) is 0.277. The molecule has 2 rings (SSSR count). The zero-order valence-electron chi connectivity index (χ0n) is 7.20. The highest BCUT2D eigenvalue weighted by Gasteiger charge is 2.63. The van der Waals surface area contributed by atoms with Crippen LogP contribution in [-0.2, 0) is 4.79 Å². The number of nitrogens with two attached hydrogens (primary N) is 1. The minimum absolute atomic E-state index is 0.168. The molecular weight excluding hydrogens is 172 g/mol. The molecule has 4 heteroatoms. The standard InChI is InChI=1S/C8H12N2OS/c1-4-6-3-8(6,7(9)11)12-5(2)10-4/h4,6H,3H2,1-2H3,(H2,9,11). The molecule has 12 heavy (non-hydrogen) atoms. The van der Waals surface area contributed by atoms with Crippen molar-refractivity contribution in [3.63, 3.8) is 0 Å². The Morgan fingerprint density at radius 2 is 2.50 bits per heavy atom. The van der Waals surface area contributed by atoms with Crippen molar-refractivity contribution < 1.29 is 4.79 Å². The van der Waals surface area contributed by atoms with Gasteiger partial charge in [-0.2, -0.15) is 0 Å². The Kier molecular flexibility index (Phi) is 1.52. The van der Waals surface area contributed by atoms with Crippen LogP contribution in [0.15, 0.2) is 4.99 Å². The van der Waals surface area contributed by atoms with Crippen LogP contribution in [0.1, 0.15) is 20.3 Å². The number of carbonyl (C=O) groups excluding carboxylic acids is 1. The van der Waals surface area contributed by atoms with Gasteiger partial charge in [-0.3, -0.25) is 9.79 Å². The normalized spacial score (nSPS) is 44.7. The van der Waals surface area contributed by atoms with Crippen molar-refractivity contribution in [3.05, 3.63) is 0 Å². The zero-order valence-corrected chi connectivity index (χ0v) is 8.02. The third-order valence-electron chi connectivity index (χ3n) is 2.68. The van der Waals surface area contributed by atoms with E-state index in [4.69, 9.17) is 5.73 Å². The van der Waals surface area contributed by atoms with E-state index in [2.05, 4.69) is 11.9 Å². The number of thioether (sulfide) groups is 1. The second-order valence-corrected chi connectivity index (χ2v) is 5.08. The first-order valence-electron chi connectivity index (χ1n) is 4.09. The Labute approximate surface area is 75.8 Å². The molecule has 1 aliphatic heterocycles. The first-order chi connectivity index (χ1) is 5.56. The van der Waals surface area contributed by atoms with Gasteiger partial charge in [-0.15, -0.1) is 0 Å². The molecule has 66 valence electrons. The van der Waals surface area contributed by atoms with E-state index < -0.39 is 0 Å². The molecule has 3 atom stereocenters. The lowest BCUT2D eigenvalue weighted by atomic mass is 10.2. The fraction of sp³-hybridized carbons (Fsp3) is 0.750. The van der Waals surface area contributed by atoms with Crippen molar-refractivity contribution >= 4 is 22.7 Å². The van der Waals surface area contributed by atoms with E-state index in [-0.39, 0.29) is 16.7 Å². The van der Waals surface area contributed by atoms with E-state index in [1.807, 2.05) is 6.92 Å². The molecule has 0 radical (unpaired) electrons. The molecule has 0 aromatic rings. The minimum Gasteiger partial charge on any atom is -0.368 e. The number of fused-ring (bicyclic) bond motifs is 1. The second kappa shape index (κ2) is 2.25. The largest absolute Gasteiger partial charge is 0.368 e. The molecule has 0 aromatic carbocycles. The third-order valence-corrected chi connectivity index (χ3v) is 4.11. The van der Waals surface area contributed by atoms with Gasteiger partial charge in [-0.25, -0.2) is 0 Å². The van der Waals surface area contributed by atoms with Gasteiger partial charge in [0.15, 0.2) is 0 Å². The Hall–Kier alpha value is -0.510. The first kappa shape index (κ1) is 8.10. The van der Waals surface area contributed by atoms with Crippen LogP contribution in [0.5, 0.6) is 0 Å². The number of nitrogens with zero attached hydrogens (tertiary/aromatic N) is 1. The molecule has 3 nitrogen and oxygen atoms in total.